The number of ether oxygens (including phenoxy) is 2. The van der Waals surface area contributed by atoms with E-state index in [0.717, 1.165) is 6.54 Å². The highest BCUT2D eigenvalue weighted by Gasteiger charge is 2.31. The van der Waals surface area contributed by atoms with Gasteiger partial charge >= 0.3 is 6.03 Å². The molecule has 1 fully saturated rings. The molecule has 4 N–H and O–H groups in total. The van der Waals surface area contributed by atoms with E-state index in [-0.39, 0.29) is 6.54 Å². The summed E-state index contributed by atoms with van der Waals surface area (Å²) in [4.78, 5) is 16.1. The summed E-state index contributed by atoms with van der Waals surface area (Å²) < 4.78 is 10.9. The standard InChI is InChI=1S/C18H22N4O4/c1-25-14-4-2-3-5-15(14)26-16-7-6-13(10-20-16)22-17(23)21-12-18(24)8-9-19-11-18/h2-7,10,19,24H,8-9,11-12H2,1H3,(H2,21,22,23)/t18-/m0/s1. The number of carbonyl (C=O) groups excluding carboxylic acids is 1. The molecule has 2 amide bonds. The first-order valence-corrected chi connectivity index (χ1v) is 8.33. The van der Waals surface area contributed by atoms with Crippen LogP contribution in [0.3, 0.4) is 0 Å². The van der Waals surface area contributed by atoms with E-state index < -0.39 is 11.6 Å². The van der Waals surface area contributed by atoms with Crippen LogP contribution >= 0.6 is 0 Å². The number of anilines is 1. The first-order chi connectivity index (χ1) is 12.6. The number of methoxy groups -OCH3 is 1. The fraction of sp³-hybridized carbons (Fsp3) is 0.333. The summed E-state index contributed by atoms with van der Waals surface area (Å²) >= 11 is 0. The number of nitrogens with zero attached hydrogens (tertiary/aromatic N) is 1. The number of rotatable bonds is 6. The van der Waals surface area contributed by atoms with E-state index in [4.69, 9.17) is 9.47 Å². The quantitative estimate of drug-likeness (QED) is 0.627. The van der Waals surface area contributed by atoms with Gasteiger partial charge in [0.05, 0.1) is 24.6 Å². The zero-order chi connectivity index (χ0) is 18.4. The average molecular weight is 358 g/mol. The van der Waals surface area contributed by atoms with Crippen molar-refractivity contribution in [2.75, 3.05) is 32.1 Å². The smallest absolute Gasteiger partial charge is 0.319 e. The minimum absolute atomic E-state index is 0.189. The number of hydrogen-bond acceptors (Lipinski definition) is 6. The largest absolute Gasteiger partial charge is 0.493 e. The van der Waals surface area contributed by atoms with Gasteiger partial charge in [-0.15, -0.1) is 0 Å². The van der Waals surface area contributed by atoms with Crippen LogP contribution in [0.5, 0.6) is 17.4 Å². The summed E-state index contributed by atoms with van der Waals surface area (Å²) in [6, 6.07) is 10.2. The van der Waals surface area contributed by atoms with Gasteiger partial charge in [-0.05, 0) is 31.2 Å². The summed E-state index contributed by atoms with van der Waals surface area (Å²) in [5.74, 6) is 1.54. The summed E-state index contributed by atoms with van der Waals surface area (Å²) in [5.41, 5.74) is -0.367. The second kappa shape index (κ2) is 8.03. The van der Waals surface area contributed by atoms with Gasteiger partial charge in [0.15, 0.2) is 11.5 Å². The summed E-state index contributed by atoms with van der Waals surface area (Å²) in [6.07, 6.45) is 2.11. The second-order valence-corrected chi connectivity index (χ2v) is 6.10. The molecule has 0 radical (unpaired) electrons. The molecule has 8 heteroatoms. The predicted molar refractivity (Wildman–Crippen MR) is 96.8 cm³/mol. The van der Waals surface area contributed by atoms with Gasteiger partial charge in [-0.25, -0.2) is 9.78 Å². The van der Waals surface area contributed by atoms with E-state index >= 15 is 0 Å². The summed E-state index contributed by atoms with van der Waals surface area (Å²) in [5, 5.41) is 18.6. The first kappa shape index (κ1) is 18.0. The molecule has 3 rings (SSSR count). The molecule has 0 aliphatic carbocycles. The highest BCUT2D eigenvalue weighted by molar-refractivity contribution is 5.89. The van der Waals surface area contributed by atoms with Crippen molar-refractivity contribution in [3.8, 4) is 17.4 Å². The Morgan fingerprint density at radius 3 is 2.77 bits per heavy atom. The lowest BCUT2D eigenvalue weighted by Crippen LogP contribution is -2.45. The zero-order valence-electron chi connectivity index (χ0n) is 14.5. The monoisotopic (exact) mass is 358 g/mol. The van der Waals surface area contributed by atoms with Crippen LogP contribution in [0.4, 0.5) is 10.5 Å². The SMILES string of the molecule is COc1ccccc1Oc1ccc(NC(=O)NC[C@]2(O)CCNC2)cn1. The van der Waals surface area contributed by atoms with Crippen LogP contribution in [0.15, 0.2) is 42.6 Å². The maximum absolute atomic E-state index is 11.9. The van der Waals surface area contributed by atoms with Crippen molar-refractivity contribution in [3.05, 3.63) is 42.6 Å². The van der Waals surface area contributed by atoms with Crippen LogP contribution in [0.2, 0.25) is 0 Å². The van der Waals surface area contributed by atoms with E-state index in [1.165, 1.54) is 6.20 Å². The first-order valence-electron chi connectivity index (χ1n) is 8.33. The number of amides is 2. The van der Waals surface area contributed by atoms with E-state index in [2.05, 4.69) is 20.9 Å². The lowest BCUT2D eigenvalue weighted by molar-refractivity contribution is 0.0640. The Morgan fingerprint density at radius 1 is 1.31 bits per heavy atom. The number of aliphatic hydroxyl groups is 1. The minimum atomic E-state index is -0.887. The molecular formula is C18H22N4O4. The van der Waals surface area contributed by atoms with Gasteiger partial charge < -0.3 is 30.5 Å². The Hall–Kier alpha value is -2.84. The van der Waals surface area contributed by atoms with Gasteiger partial charge in [-0.2, -0.15) is 0 Å². The van der Waals surface area contributed by atoms with Crippen LogP contribution in [-0.2, 0) is 0 Å². The Labute approximate surface area is 151 Å². The predicted octanol–water partition coefficient (Wildman–Crippen LogP) is 1.73. The number of β-amino-alcohol motifs (C(OH)–C–C–N with tert-alkyl or cyclic N) is 1. The maximum atomic E-state index is 11.9. The molecule has 2 aromatic rings. The van der Waals surface area contributed by atoms with Crippen molar-refractivity contribution < 1.29 is 19.4 Å². The van der Waals surface area contributed by atoms with Crippen molar-refractivity contribution >= 4 is 11.7 Å². The molecule has 138 valence electrons. The third-order valence-electron chi connectivity index (χ3n) is 4.08. The number of urea groups is 1. The van der Waals surface area contributed by atoms with E-state index in [1.54, 1.807) is 31.4 Å². The Balaban J connectivity index is 1.53. The van der Waals surface area contributed by atoms with E-state index in [1.807, 2.05) is 12.1 Å². The Bertz CT molecular complexity index is 745. The Kier molecular flexibility index (Phi) is 5.55. The summed E-state index contributed by atoms with van der Waals surface area (Å²) in [7, 11) is 1.57. The molecule has 26 heavy (non-hydrogen) atoms. The number of aromatic nitrogens is 1. The number of pyridine rings is 1. The van der Waals surface area contributed by atoms with Crippen molar-refractivity contribution in [1.82, 2.24) is 15.6 Å². The normalized spacial score (nSPS) is 19.0. The Morgan fingerprint density at radius 2 is 2.12 bits per heavy atom. The molecule has 1 aliphatic rings. The number of para-hydroxylation sites is 2. The van der Waals surface area contributed by atoms with E-state index in [0.29, 0.717) is 36.0 Å². The highest BCUT2D eigenvalue weighted by Crippen LogP contribution is 2.30. The molecule has 2 heterocycles. The van der Waals surface area contributed by atoms with Crippen LogP contribution in [0.1, 0.15) is 6.42 Å². The lowest BCUT2D eigenvalue weighted by Gasteiger charge is -2.21. The molecule has 8 nitrogen and oxygen atoms in total. The van der Waals surface area contributed by atoms with Gasteiger partial charge in [-0.1, -0.05) is 12.1 Å². The lowest BCUT2D eigenvalue weighted by atomic mass is 10.0. The van der Waals surface area contributed by atoms with Gasteiger partial charge in [-0.3, -0.25) is 0 Å². The number of nitrogens with one attached hydrogen (secondary N) is 3. The topological polar surface area (TPSA) is 105 Å². The van der Waals surface area contributed by atoms with Crippen LogP contribution in [0.25, 0.3) is 0 Å². The highest BCUT2D eigenvalue weighted by atomic mass is 16.5. The van der Waals surface area contributed by atoms with E-state index in [9.17, 15) is 9.90 Å². The number of carbonyl (C=O) groups is 1. The fourth-order valence-electron chi connectivity index (χ4n) is 2.63. The van der Waals surface area contributed by atoms with Gasteiger partial charge in [0.1, 0.15) is 0 Å². The average Bonchev–Trinajstić information content (AvgIpc) is 3.09. The van der Waals surface area contributed by atoms with Crippen LogP contribution < -0.4 is 25.4 Å². The molecule has 0 unspecified atom stereocenters. The zero-order valence-corrected chi connectivity index (χ0v) is 14.5. The number of hydrogen-bond donors (Lipinski definition) is 4. The molecule has 0 spiro atoms. The maximum Gasteiger partial charge on any atom is 0.319 e. The molecular weight excluding hydrogens is 336 g/mol. The molecule has 1 aromatic heterocycles. The van der Waals surface area contributed by atoms with Crippen molar-refractivity contribution in [2.24, 2.45) is 0 Å². The molecule has 1 aromatic carbocycles. The van der Waals surface area contributed by atoms with Gasteiger partial charge in [0, 0.05) is 19.2 Å². The molecule has 1 saturated heterocycles. The number of benzene rings is 1. The summed E-state index contributed by atoms with van der Waals surface area (Å²) in [6.45, 7) is 1.41. The minimum Gasteiger partial charge on any atom is -0.493 e. The van der Waals surface area contributed by atoms with Gasteiger partial charge in [0.25, 0.3) is 0 Å². The molecule has 0 bridgehead atoms. The van der Waals surface area contributed by atoms with Crippen molar-refractivity contribution in [3.63, 3.8) is 0 Å². The van der Waals surface area contributed by atoms with Crippen LogP contribution in [-0.4, -0.2) is 48.5 Å². The van der Waals surface area contributed by atoms with Crippen LogP contribution in [0, 0.1) is 0 Å². The molecule has 1 atom stereocenters. The third-order valence-corrected chi connectivity index (χ3v) is 4.08. The third kappa shape index (κ3) is 4.62. The van der Waals surface area contributed by atoms with Gasteiger partial charge in [0.2, 0.25) is 5.88 Å². The van der Waals surface area contributed by atoms with Crippen molar-refractivity contribution in [1.29, 1.82) is 0 Å². The molecule has 0 saturated carbocycles. The van der Waals surface area contributed by atoms with Crippen molar-refractivity contribution in [2.45, 2.75) is 12.0 Å². The second-order valence-electron chi connectivity index (χ2n) is 6.10. The fourth-order valence-corrected chi connectivity index (χ4v) is 2.63. The molecule has 1 aliphatic heterocycles.